The van der Waals surface area contributed by atoms with Crippen LogP contribution >= 0.6 is 0 Å². The highest BCUT2D eigenvalue weighted by molar-refractivity contribution is 5.96. The second-order valence-corrected chi connectivity index (χ2v) is 16.3. The van der Waals surface area contributed by atoms with Crippen molar-refractivity contribution in [2.24, 2.45) is 35.3 Å². The zero-order valence-corrected chi connectivity index (χ0v) is 33.9. The number of hydrogen-bond acceptors (Lipinski definition) is 8. The predicted octanol–water partition coefficient (Wildman–Crippen LogP) is 5.34. The number of nitrogens with zero attached hydrogens (tertiary/aromatic N) is 1. The Kier molecular flexibility index (Phi) is 21.5. The van der Waals surface area contributed by atoms with Gasteiger partial charge >= 0.3 is 0 Å². The quantitative estimate of drug-likeness (QED) is 0.0871. The van der Waals surface area contributed by atoms with E-state index >= 15 is 0 Å². The van der Waals surface area contributed by atoms with Crippen molar-refractivity contribution in [2.75, 3.05) is 19.7 Å². The zero-order chi connectivity index (χ0) is 40.2. The van der Waals surface area contributed by atoms with Gasteiger partial charge in [0.1, 0.15) is 5.78 Å². The first-order valence-electron chi connectivity index (χ1n) is 20.5. The molecule has 0 radical (unpaired) electrons. The number of aliphatic hydroxyl groups is 1. The lowest BCUT2D eigenvalue weighted by molar-refractivity contribution is -0.135. The van der Waals surface area contributed by atoms with Crippen LogP contribution in [0.3, 0.4) is 0 Å². The lowest BCUT2D eigenvalue weighted by atomic mass is 9.80. The fourth-order valence-corrected chi connectivity index (χ4v) is 7.60. The summed E-state index contributed by atoms with van der Waals surface area (Å²) in [5.41, 5.74) is 6.36. The lowest BCUT2D eigenvalue weighted by Crippen LogP contribution is -2.47. The molecule has 0 aromatic heterocycles. The van der Waals surface area contributed by atoms with E-state index in [1.54, 1.807) is 6.92 Å². The van der Waals surface area contributed by atoms with E-state index in [0.717, 1.165) is 57.2 Å². The van der Waals surface area contributed by atoms with Crippen molar-refractivity contribution in [1.29, 1.82) is 0 Å². The van der Waals surface area contributed by atoms with Crippen LogP contribution in [0.2, 0.25) is 0 Å². The van der Waals surface area contributed by atoms with Crippen LogP contribution in [0.15, 0.2) is 30.3 Å². The standard InChI is InChI=1S/C43H70N4O7/c1-7-47(30(4)5)21-15-14-20-38(40(51)27-36(28-48)41(44)52)46-43(54)35(24-33-18-12-9-13-19-33)26-39(50)31(6)45-42(53)34(25-37(49)22-29(2)3)23-32-16-10-8-11-17-32/h8,10-11,16-17,29-31,33-36,38,48H,7,9,12-15,18-28H2,1-6H3,(H2,44,52)(H,45,53)(H,46,54)/t31-,34+,35+,36-,38-/m0/s1. The van der Waals surface area contributed by atoms with E-state index in [-0.39, 0.29) is 54.4 Å². The van der Waals surface area contributed by atoms with E-state index in [1.165, 1.54) is 0 Å². The Balaban J connectivity index is 2.24. The molecule has 0 spiro atoms. The second kappa shape index (κ2) is 24.9. The van der Waals surface area contributed by atoms with Gasteiger partial charge in [0.25, 0.3) is 0 Å². The van der Waals surface area contributed by atoms with Gasteiger partial charge in [-0.2, -0.15) is 0 Å². The molecule has 0 aliphatic heterocycles. The third kappa shape index (κ3) is 17.4. The van der Waals surface area contributed by atoms with Crippen molar-refractivity contribution in [3.63, 3.8) is 0 Å². The highest BCUT2D eigenvalue weighted by atomic mass is 16.3. The summed E-state index contributed by atoms with van der Waals surface area (Å²) < 4.78 is 0. The summed E-state index contributed by atoms with van der Waals surface area (Å²) in [5.74, 6) is -4.22. The van der Waals surface area contributed by atoms with Crippen molar-refractivity contribution in [2.45, 2.75) is 150 Å². The molecule has 2 rings (SSSR count). The summed E-state index contributed by atoms with van der Waals surface area (Å²) in [6.45, 7) is 13.1. The SMILES string of the molecule is CCN(CCCC[C@H](NC(=O)[C@@H](CC(=O)[C@H](C)NC(=O)[C@@H](CC(=O)CC(C)C)Cc1ccccc1)CC1CCCCC1)C(=O)C[C@@H](CO)C(N)=O)C(C)C. The highest BCUT2D eigenvalue weighted by Gasteiger charge is 2.33. The van der Waals surface area contributed by atoms with Crippen molar-refractivity contribution in [3.8, 4) is 0 Å². The number of ketones is 3. The molecule has 3 amide bonds. The third-order valence-electron chi connectivity index (χ3n) is 10.9. The number of rotatable bonds is 27. The Labute approximate surface area is 324 Å². The molecule has 1 aliphatic rings. The molecule has 11 nitrogen and oxygen atoms in total. The molecule has 1 aliphatic carbocycles. The van der Waals surface area contributed by atoms with Crippen LogP contribution in [0, 0.1) is 29.6 Å². The Morgan fingerprint density at radius 3 is 2.00 bits per heavy atom. The first kappa shape index (κ1) is 46.7. The van der Waals surface area contributed by atoms with Crippen LogP contribution in [-0.4, -0.2) is 82.9 Å². The first-order valence-corrected chi connectivity index (χ1v) is 20.5. The summed E-state index contributed by atoms with van der Waals surface area (Å²) in [6.07, 6.45) is 7.86. The monoisotopic (exact) mass is 755 g/mol. The molecule has 54 heavy (non-hydrogen) atoms. The topological polar surface area (TPSA) is 176 Å². The zero-order valence-electron chi connectivity index (χ0n) is 33.9. The van der Waals surface area contributed by atoms with Crippen LogP contribution in [0.4, 0.5) is 0 Å². The van der Waals surface area contributed by atoms with Gasteiger partial charge in [0, 0.05) is 43.6 Å². The number of nitrogens with two attached hydrogens (primary N) is 1. The Bertz CT molecular complexity index is 1330. The minimum atomic E-state index is -1.05. The smallest absolute Gasteiger partial charge is 0.224 e. The minimum absolute atomic E-state index is 0.00266. The van der Waals surface area contributed by atoms with Gasteiger partial charge in [-0.05, 0) is 83.4 Å². The summed E-state index contributed by atoms with van der Waals surface area (Å²) in [7, 11) is 0. The summed E-state index contributed by atoms with van der Waals surface area (Å²) in [6, 6.07) is 8.08. The number of aliphatic hydroxyl groups excluding tert-OH is 1. The van der Waals surface area contributed by atoms with E-state index in [2.05, 4.69) is 36.3 Å². The maximum absolute atomic E-state index is 14.1. The molecule has 1 aromatic carbocycles. The van der Waals surface area contributed by atoms with Gasteiger partial charge in [-0.25, -0.2) is 0 Å². The fourth-order valence-electron chi connectivity index (χ4n) is 7.60. The Morgan fingerprint density at radius 2 is 1.43 bits per heavy atom. The van der Waals surface area contributed by atoms with Crippen LogP contribution in [0.5, 0.6) is 0 Å². The van der Waals surface area contributed by atoms with E-state index in [9.17, 15) is 33.9 Å². The Hall–Kier alpha value is -3.44. The molecule has 5 atom stereocenters. The van der Waals surface area contributed by atoms with Gasteiger partial charge in [-0.1, -0.05) is 83.2 Å². The van der Waals surface area contributed by atoms with Crippen molar-refractivity contribution in [3.05, 3.63) is 35.9 Å². The number of benzene rings is 1. The number of Topliss-reactive ketones (excluding diaryl/α,β-unsaturated/α-hetero) is 3. The number of hydrogen-bond donors (Lipinski definition) is 4. The minimum Gasteiger partial charge on any atom is -0.396 e. The van der Waals surface area contributed by atoms with Crippen LogP contribution in [0.1, 0.15) is 131 Å². The molecule has 11 heteroatoms. The van der Waals surface area contributed by atoms with Crippen LogP contribution < -0.4 is 16.4 Å². The van der Waals surface area contributed by atoms with Gasteiger partial charge in [-0.3, -0.25) is 28.8 Å². The van der Waals surface area contributed by atoms with E-state index in [1.807, 2.05) is 44.2 Å². The molecule has 1 saturated carbocycles. The third-order valence-corrected chi connectivity index (χ3v) is 10.9. The second-order valence-electron chi connectivity index (χ2n) is 16.3. The van der Waals surface area contributed by atoms with Gasteiger partial charge in [0.05, 0.1) is 24.6 Å². The Morgan fingerprint density at radius 1 is 0.796 bits per heavy atom. The first-order chi connectivity index (χ1) is 25.6. The fraction of sp³-hybridized carbons (Fsp3) is 0.721. The number of unbranched alkanes of at least 4 members (excludes halogenated alkanes) is 1. The molecule has 0 bridgehead atoms. The van der Waals surface area contributed by atoms with Crippen molar-refractivity contribution in [1.82, 2.24) is 15.5 Å². The summed E-state index contributed by atoms with van der Waals surface area (Å²) in [4.78, 5) is 82.2. The van der Waals surface area contributed by atoms with Crippen molar-refractivity contribution < 1.29 is 33.9 Å². The molecule has 5 N–H and O–H groups in total. The maximum Gasteiger partial charge on any atom is 0.224 e. The molecule has 0 unspecified atom stereocenters. The van der Waals surface area contributed by atoms with E-state index < -0.39 is 48.3 Å². The highest BCUT2D eigenvalue weighted by Crippen LogP contribution is 2.31. The summed E-state index contributed by atoms with van der Waals surface area (Å²) >= 11 is 0. The normalized spacial score (nSPS) is 16.4. The van der Waals surface area contributed by atoms with Gasteiger partial charge in [0.2, 0.25) is 17.7 Å². The van der Waals surface area contributed by atoms with Crippen LogP contribution in [-0.2, 0) is 35.2 Å². The molecule has 304 valence electrons. The molecule has 0 heterocycles. The number of carbonyl (C=O) groups excluding carboxylic acids is 6. The van der Waals surface area contributed by atoms with E-state index in [4.69, 9.17) is 5.73 Å². The number of carbonyl (C=O) groups is 6. The van der Waals surface area contributed by atoms with Gasteiger partial charge < -0.3 is 26.4 Å². The average molecular weight is 755 g/mol. The molecular weight excluding hydrogens is 684 g/mol. The van der Waals surface area contributed by atoms with Crippen LogP contribution in [0.25, 0.3) is 0 Å². The largest absolute Gasteiger partial charge is 0.396 e. The van der Waals surface area contributed by atoms with Crippen molar-refractivity contribution >= 4 is 35.1 Å². The van der Waals surface area contributed by atoms with E-state index in [0.29, 0.717) is 38.1 Å². The maximum atomic E-state index is 14.1. The lowest BCUT2D eigenvalue weighted by Gasteiger charge is -2.28. The molecule has 1 aromatic rings. The number of nitrogens with one attached hydrogen (secondary N) is 2. The molecular formula is C43H70N4O7. The van der Waals surface area contributed by atoms with Gasteiger partial charge in [-0.15, -0.1) is 0 Å². The predicted molar refractivity (Wildman–Crippen MR) is 212 cm³/mol. The number of amides is 3. The van der Waals surface area contributed by atoms with Gasteiger partial charge in [0.15, 0.2) is 11.6 Å². The molecule has 1 fully saturated rings. The average Bonchev–Trinajstić information content (AvgIpc) is 3.12. The molecule has 0 saturated heterocycles. The number of primary amides is 1. The summed E-state index contributed by atoms with van der Waals surface area (Å²) in [5, 5.41) is 15.5.